The molecule has 1 amide bonds. The number of anilines is 1. The molecule has 0 radical (unpaired) electrons. The zero-order valence-electron chi connectivity index (χ0n) is 14.4. The van der Waals surface area contributed by atoms with E-state index in [-0.39, 0.29) is 6.09 Å². The van der Waals surface area contributed by atoms with E-state index in [4.69, 9.17) is 4.74 Å². The van der Waals surface area contributed by atoms with Crippen LogP contribution in [-0.2, 0) is 17.7 Å². The number of nitrogens with zero attached hydrogens (tertiary/aromatic N) is 2. The maximum atomic E-state index is 12.2. The molecule has 0 unspecified atom stereocenters. The molecule has 0 bridgehead atoms. The van der Waals surface area contributed by atoms with Crippen LogP contribution < -0.4 is 4.90 Å². The van der Waals surface area contributed by atoms with E-state index in [0.717, 1.165) is 19.4 Å². The molecular formula is C19H26N2O2. The summed E-state index contributed by atoms with van der Waals surface area (Å²) in [7, 11) is 0. The van der Waals surface area contributed by atoms with Crippen LogP contribution in [0.5, 0.6) is 0 Å². The maximum absolute atomic E-state index is 12.2. The standard InChI is InChI=1S/C19H26N2O2/c1-14-6-5-10-21(14)17-8-7-16-13-20(11-9-15(16)12-17)18(22)23-19(2,3)4/h7-8,12H,1,5-6,9-11,13H2,2-4H3. The van der Waals surface area contributed by atoms with Crippen molar-refractivity contribution in [3.05, 3.63) is 41.6 Å². The fourth-order valence-corrected chi connectivity index (χ4v) is 3.24. The molecule has 1 fully saturated rings. The van der Waals surface area contributed by atoms with E-state index in [0.29, 0.717) is 13.1 Å². The lowest BCUT2D eigenvalue weighted by Crippen LogP contribution is -2.39. The van der Waals surface area contributed by atoms with Gasteiger partial charge in [-0.15, -0.1) is 0 Å². The summed E-state index contributed by atoms with van der Waals surface area (Å²) in [6, 6.07) is 6.55. The number of rotatable bonds is 1. The molecule has 1 aromatic rings. The first kappa shape index (κ1) is 15.9. The predicted molar refractivity (Wildman–Crippen MR) is 92.5 cm³/mol. The predicted octanol–water partition coefficient (Wildman–Crippen LogP) is 4.09. The number of hydrogen-bond donors (Lipinski definition) is 0. The smallest absolute Gasteiger partial charge is 0.410 e. The van der Waals surface area contributed by atoms with Gasteiger partial charge in [0.1, 0.15) is 5.60 Å². The maximum Gasteiger partial charge on any atom is 0.410 e. The molecule has 0 spiro atoms. The first-order valence-corrected chi connectivity index (χ1v) is 8.38. The van der Waals surface area contributed by atoms with Gasteiger partial charge in [0.25, 0.3) is 0 Å². The second kappa shape index (κ2) is 5.91. The van der Waals surface area contributed by atoms with Gasteiger partial charge >= 0.3 is 6.09 Å². The molecule has 1 saturated heterocycles. The lowest BCUT2D eigenvalue weighted by atomic mass is 9.99. The monoisotopic (exact) mass is 314 g/mol. The number of benzene rings is 1. The van der Waals surface area contributed by atoms with Gasteiger partial charge in [-0.2, -0.15) is 0 Å². The lowest BCUT2D eigenvalue weighted by molar-refractivity contribution is 0.0224. The van der Waals surface area contributed by atoms with E-state index >= 15 is 0 Å². The van der Waals surface area contributed by atoms with Crippen LogP contribution in [0.1, 0.15) is 44.7 Å². The molecule has 0 N–H and O–H groups in total. The van der Waals surface area contributed by atoms with Crippen LogP contribution in [0.2, 0.25) is 0 Å². The van der Waals surface area contributed by atoms with Crippen molar-refractivity contribution in [1.82, 2.24) is 4.90 Å². The number of allylic oxidation sites excluding steroid dienone is 1. The second-order valence-corrected chi connectivity index (χ2v) is 7.43. The summed E-state index contributed by atoms with van der Waals surface area (Å²) < 4.78 is 5.48. The Kier molecular flexibility index (Phi) is 4.09. The molecule has 4 heteroatoms. The van der Waals surface area contributed by atoms with E-state index in [1.165, 1.54) is 28.9 Å². The van der Waals surface area contributed by atoms with E-state index in [2.05, 4.69) is 29.7 Å². The van der Waals surface area contributed by atoms with Gasteiger partial charge in [-0.25, -0.2) is 4.79 Å². The molecule has 124 valence electrons. The van der Waals surface area contributed by atoms with E-state index in [1.807, 2.05) is 20.8 Å². The normalized spacial score (nSPS) is 18.1. The second-order valence-electron chi connectivity index (χ2n) is 7.43. The highest BCUT2D eigenvalue weighted by Crippen LogP contribution is 2.31. The van der Waals surface area contributed by atoms with Crippen LogP contribution in [-0.4, -0.2) is 29.7 Å². The number of hydrogen-bond acceptors (Lipinski definition) is 3. The molecule has 2 aliphatic rings. The Bertz CT molecular complexity index is 631. The van der Waals surface area contributed by atoms with Gasteiger partial charge in [0.2, 0.25) is 0 Å². The van der Waals surface area contributed by atoms with Crippen molar-refractivity contribution in [3.8, 4) is 0 Å². The van der Waals surface area contributed by atoms with Gasteiger partial charge in [-0.1, -0.05) is 12.6 Å². The molecule has 1 aromatic carbocycles. The third-order valence-electron chi connectivity index (χ3n) is 4.39. The molecule has 2 aliphatic heterocycles. The molecular weight excluding hydrogens is 288 g/mol. The molecule has 0 saturated carbocycles. The molecule has 4 nitrogen and oxygen atoms in total. The van der Waals surface area contributed by atoms with Crippen molar-refractivity contribution >= 4 is 11.8 Å². The van der Waals surface area contributed by atoms with Crippen molar-refractivity contribution in [2.45, 2.75) is 52.2 Å². The van der Waals surface area contributed by atoms with E-state index in [1.54, 1.807) is 4.90 Å². The average Bonchev–Trinajstić information content (AvgIpc) is 2.90. The van der Waals surface area contributed by atoms with Gasteiger partial charge in [-0.3, -0.25) is 0 Å². The Balaban J connectivity index is 1.73. The topological polar surface area (TPSA) is 32.8 Å². The lowest BCUT2D eigenvalue weighted by Gasteiger charge is -2.32. The van der Waals surface area contributed by atoms with Crippen molar-refractivity contribution in [1.29, 1.82) is 0 Å². The molecule has 0 atom stereocenters. The summed E-state index contributed by atoms with van der Waals surface area (Å²) in [6.07, 6.45) is 2.93. The van der Waals surface area contributed by atoms with Gasteiger partial charge in [0, 0.05) is 31.0 Å². The summed E-state index contributed by atoms with van der Waals surface area (Å²) in [5.74, 6) is 0. The fraction of sp³-hybridized carbons (Fsp3) is 0.526. The van der Waals surface area contributed by atoms with E-state index in [9.17, 15) is 4.79 Å². The van der Waals surface area contributed by atoms with E-state index < -0.39 is 5.60 Å². The zero-order chi connectivity index (χ0) is 16.6. The van der Waals surface area contributed by atoms with Crippen molar-refractivity contribution in [2.24, 2.45) is 0 Å². The number of fused-ring (bicyclic) bond motifs is 1. The van der Waals surface area contributed by atoms with Crippen LogP contribution in [0.3, 0.4) is 0 Å². The minimum Gasteiger partial charge on any atom is -0.444 e. The van der Waals surface area contributed by atoms with Gasteiger partial charge in [-0.05, 0) is 63.3 Å². The minimum atomic E-state index is -0.447. The summed E-state index contributed by atoms with van der Waals surface area (Å²) in [6.45, 7) is 12.3. The quantitative estimate of drug-likeness (QED) is 0.782. The van der Waals surface area contributed by atoms with Crippen LogP contribution >= 0.6 is 0 Å². The average molecular weight is 314 g/mol. The van der Waals surface area contributed by atoms with Crippen LogP contribution in [0.25, 0.3) is 0 Å². The van der Waals surface area contributed by atoms with Gasteiger partial charge in [0.15, 0.2) is 0 Å². The number of carbonyl (C=O) groups is 1. The zero-order valence-corrected chi connectivity index (χ0v) is 14.4. The summed E-state index contributed by atoms with van der Waals surface area (Å²) in [5.41, 5.74) is 4.54. The fourth-order valence-electron chi connectivity index (χ4n) is 3.24. The highest BCUT2D eigenvalue weighted by Gasteiger charge is 2.26. The first-order valence-electron chi connectivity index (χ1n) is 8.38. The first-order chi connectivity index (χ1) is 10.8. The minimum absolute atomic E-state index is 0.222. The largest absolute Gasteiger partial charge is 0.444 e. The Hall–Kier alpha value is -1.97. The van der Waals surface area contributed by atoms with Crippen molar-refractivity contribution in [2.75, 3.05) is 18.0 Å². The highest BCUT2D eigenvalue weighted by molar-refractivity contribution is 5.69. The SMILES string of the molecule is C=C1CCCN1c1ccc2c(c1)CCN(C(=O)OC(C)(C)C)C2. The summed E-state index contributed by atoms with van der Waals surface area (Å²) >= 11 is 0. The molecule has 0 aliphatic carbocycles. The Morgan fingerprint density at radius 3 is 2.61 bits per heavy atom. The molecule has 2 heterocycles. The number of carbonyl (C=O) groups excluding carboxylic acids is 1. The summed E-state index contributed by atoms with van der Waals surface area (Å²) in [4.78, 5) is 16.3. The molecule has 23 heavy (non-hydrogen) atoms. The number of amides is 1. The van der Waals surface area contributed by atoms with Crippen LogP contribution in [0, 0.1) is 0 Å². The number of ether oxygens (including phenoxy) is 1. The van der Waals surface area contributed by atoms with Gasteiger partial charge in [0.05, 0.1) is 0 Å². The van der Waals surface area contributed by atoms with Crippen molar-refractivity contribution in [3.63, 3.8) is 0 Å². The van der Waals surface area contributed by atoms with Crippen LogP contribution in [0.15, 0.2) is 30.5 Å². The summed E-state index contributed by atoms with van der Waals surface area (Å²) in [5, 5.41) is 0. The molecule has 3 rings (SSSR count). The van der Waals surface area contributed by atoms with Crippen molar-refractivity contribution < 1.29 is 9.53 Å². The Morgan fingerprint density at radius 1 is 1.17 bits per heavy atom. The Morgan fingerprint density at radius 2 is 1.96 bits per heavy atom. The highest BCUT2D eigenvalue weighted by atomic mass is 16.6. The third kappa shape index (κ3) is 3.52. The van der Waals surface area contributed by atoms with Crippen LogP contribution in [0.4, 0.5) is 10.5 Å². The molecule has 0 aromatic heterocycles. The Labute approximate surface area is 138 Å². The third-order valence-corrected chi connectivity index (χ3v) is 4.39. The van der Waals surface area contributed by atoms with Gasteiger partial charge < -0.3 is 14.5 Å².